The molecular weight excluding hydrogens is 510 g/mol. The summed E-state index contributed by atoms with van der Waals surface area (Å²) in [5.74, 6) is 1.42. The number of esters is 1. The number of aromatic nitrogens is 2. The third-order valence-electron chi connectivity index (χ3n) is 7.31. The standard InChI is InChI=1S/C30H41N5O3S/c1-7-38-26(36)13-8-10-21-15-14-20-18-30(5,6)35(19-20)27-22(16-17-23(32-27)29(2,3)4)28(37)34-39-25-12-9-11-24(31-21)33-25/h8-9,11-13,16-17,20-21H,7,10,14-15,18-19H2,1-6H3,(H,31,33)(H,34,37)/b13-8+. The first kappa shape index (κ1) is 28.9. The van der Waals surface area contributed by atoms with Crippen LogP contribution in [0.15, 0.2) is 47.5 Å². The summed E-state index contributed by atoms with van der Waals surface area (Å²) in [5, 5.41) is 4.25. The van der Waals surface area contributed by atoms with Crippen molar-refractivity contribution >= 4 is 35.5 Å². The van der Waals surface area contributed by atoms with Crippen LogP contribution in [0.2, 0.25) is 0 Å². The number of hydrogen-bond acceptors (Lipinski definition) is 8. The van der Waals surface area contributed by atoms with Crippen LogP contribution in [0.25, 0.3) is 0 Å². The second kappa shape index (κ2) is 12.0. The third kappa shape index (κ3) is 7.32. The second-order valence-corrected chi connectivity index (χ2v) is 12.8. The number of amides is 1. The summed E-state index contributed by atoms with van der Waals surface area (Å²) >= 11 is 1.20. The van der Waals surface area contributed by atoms with Gasteiger partial charge < -0.3 is 15.0 Å². The van der Waals surface area contributed by atoms with Gasteiger partial charge in [0.05, 0.1) is 12.2 Å². The van der Waals surface area contributed by atoms with Crippen LogP contribution >= 0.6 is 11.9 Å². The highest BCUT2D eigenvalue weighted by atomic mass is 32.2. The summed E-state index contributed by atoms with van der Waals surface area (Å²) in [4.78, 5) is 37.4. The highest BCUT2D eigenvalue weighted by Gasteiger charge is 2.41. The number of nitrogens with zero attached hydrogens (tertiary/aromatic N) is 3. The molecule has 4 rings (SSSR count). The lowest BCUT2D eigenvalue weighted by atomic mass is 9.90. The fraction of sp³-hybridized carbons (Fsp3) is 0.533. The first-order chi connectivity index (χ1) is 18.5. The van der Waals surface area contributed by atoms with Crippen molar-refractivity contribution in [1.82, 2.24) is 14.7 Å². The van der Waals surface area contributed by atoms with Gasteiger partial charge in [0.25, 0.3) is 5.91 Å². The first-order valence-electron chi connectivity index (χ1n) is 13.8. The average molecular weight is 552 g/mol. The number of nitrogens with one attached hydrogen (secondary N) is 2. The van der Waals surface area contributed by atoms with Crippen molar-refractivity contribution in [1.29, 1.82) is 0 Å². The summed E-state index contributed by atoms with van der Waals surface area (Å²) in [7, 11) is 0. The number of hydrogen-bond donors (Lipinski definition) is 2. The molecule has 0 spiro atoms. The van der Waals surface area contributed by atoms with E-state index < -0.39 is 0 Å². The number of carbonyl (C=O) groups excluding carboxylic acids is 2. The summed E-state index contributed by atoms with van der Waals surface area (Å²) in [6.45, 7) is 13.9. The summed E-state index contributed by atoms with van der Waals surface area (Å²) in [5.41, 5.74) is 1.26. The van der Waals surface area contributed by atoms with Crippen molar-refractivity contribution in [3.8, 4) is 0 Å². The Morgan fingerprint density at radius 2 is 2.00 bits per heavy atom. The van der Waals surface area contributed by atoms with Gasteiger partial charge in [0.2, 0.25) is 0 Å². The van der Waals surface area contributed by atoms with E-state index in [0.29, 0.717) is 29.5 Å². The lowest BCUT2D eigenvalue weighted by molar-refractivity contribution is -0.137. The molecule has 1 fully saturated rings. The molecule has 1 saturated heterocycles. The van der Waals surface area contributed by atoms with Gasteiger partial charge in [-0.1, -0.05) is 32.9 Å². The molecule has 0 aliphatic carbocycles. The molecule has 2 atom stereocenters. The predicted octanol–water partition coefficient (Wildman–Crippen LogP) is 5.90. The molecule has 2 aromatic rings. The maximum absolute atomic E-state index is 13.5. The van der Waals surface area contributed by atoms with Gasteiger partial charge in [-0.3, -0.25) is 9.52 Å². The lowest BCUT2D eigenvalue weighted by Crippen LogP contribution is -2.40. The zero-order valence-electron chi connectivity index (χ0n) is 23.9. The normalized spacial score (nSPS) is 21.4. The summed E-state index contributed by atoms with van der Waals surface area (Å²) < 4.78 is 8.03. The monoisotopic (exact) mass is 551 g/mol. The van der Waals surface area contributed by atoms with Crippen LogP contribution in [0.1, 0.15) is 83.3 Å². The Balaban J connectivity index is 1.67. The van der Waals surface area contributed by atoms with E-state index >= 15 is 0 Å². The van der Waals surface area contributed by atoms with Gasteiger partial charge in [0.15, 0.2) is 0 Å². The van der Waals surface area contributed by atoms with Crippen LogP contribution in [0, 0.1) is 5.92 Å². The van der Waals surface area contributed by atoms with E-state index in [1.165, 1.54) is 18.0 Å². The maximum Gasteiger partial charge on any atom is 0.330 e. The van der Waals surface area contributed by atoms with Gasteiger partial charge in [0, 0.05) is 47.3 Å². The minimum Gasteiger partial charge on any atom is -0.463 e. The molecule has 39 heavy (non-hydrogen) atoms. The molecular formula is C30H41N5O3S. The molecule has 2 aliphatic rings. The van der Waals surface area contributed by atoms with Crippen LogP contribution in [0.3, 0.4) is 0 Å². The number of rotatable bonds is 4. The van der Waals surface area contributed by atoms with Gasteiger partial charge in [-0.2, -0.15) is 0 Å². The Labute approximate surface area is 236 Å². The van der Waals surface area contributed by atoms with Gasteiger partial charge in [0.1, 0.15) is 16.7 Å². The molecule has 8 nitrogen and oxygen atoms in total. The SMILES string of the molecule is CCOC(=O)/C=C/CC1CCC2CN(c3nc(C(C)(C)C)ccc3C(=O)NSc3cccc(n3)N1)C(C)(C)C2. The molecule has 2 aromatic heterocycles. The molecule has 210 valence electrons. The highest BCUT2D eigenvalue weighted by molar-refractivity contribution is 7.97. The second-order valence-electron chi connectivity index (χ2n) is 12.0. The van der Waals surface area contributed by atoms with Crippen LogP contribution in [0.4, 0.5) is 11.6 Å². The average Bonchev–Trinajstić information content (AvgIpc) is 3.18. The smallest absolute Gasteiger partial charge is 0.330 e. The molecule has 1 amide bonds. The number of ether oxygens (including phenoxy) is 1. The zero-order chi connectivity index (χ0) is 28.2. The van der Waals surface area contributed by atoms with Gasteiger partial charge in [-0.25, -0.2) is 14.8 Å². The lowest BCUT2D eigenvalue weighted by Gasteiger charge is -2.34. The molecule has 2 unspecified atom stereocenters. The molecule has 0 radical (unpaired) electrons. The molecule has 4 heterocycles. The van der Waals surface area contributed by atoms with E-state index in [-0.39, 0.29) is 28.9 Å². The van der Waals surface area contributed by atoms with Crippen molar-refractivity contribution in [3.05, 3.63) is 53.7 Å². The number of fused-ring (bicyclic) bond motifs is 6. The topological polar surface area (TPSA) is 96.5 Å². The molecule has 4 bridgehead atoms. The molecule has 2 N–H and O–H groups in total. The Kier molecular flexibility index (Phi) is 8.89. The van der Waals surface area contributed by atoms with Crippen molar-refractivity contribution in [2.75, 3.05) is 23.4 Å². The van der Waals surface area contributed by atoms with Crippen LogP contribution in [-0.4, -0.2) is 46.6 Å². The Hall–Kier alpha value is -3.07. The summed E-state index contributed by atoms with van der Waals surface area (Å²) in [6, 6.07) is 9.71. The van der Waals surface area contributed by atoms with Crippen LogP contribution in [0.5, 0.6) is 0 Å². The van der Waals surface area contributed by atoms with E-state index in [9.17, 15) is 9.59 Å². The number of pyridine rings is 2. The van der Waals surface area contributed by atoms with E-state index in [1.54, 1.807) is 6.92 Å². The minimum atomic E-state index is -0.323. The Bertz CT molecular complexity index is 1220. The largest absolute Gasteiger partial charge is 0.463 e. The molecule has 0 saturated carbocycles. The van der Waals surface area contributed by atoms with Crippen molar-refractivity contribution in [3.63, 3.8) is 0 Å². The van der Waals surface area contributed by atoms with Crippen molar-refractivity contribution in [2.24, 2.45) is 5.92 Å². The highest BCUT2D eigenvalue weighted by Crippen LogP contribution is 2.40. The van der Waals surface area contributed by atoms with Crippen molar-refractivity contribution in [2.45, 2.75) is 89.2 Å². The van der Waals surface area contributed by atoms with E-state index in [4.69, 9.17) is 14.7 Å². The predicted molar refractivity (Wildman–Crippen MR) is 157 cm³/mol. The quantitative estimate of drug-likeness (QED) is 0.275. The number of anilines is 2. The van der Waals surface area contributed by atoms with Crippen LogP contribution in [-0.2, 0) is 14.9 Å². The van der Waals surface area contributed by atoms with Crippen molar-refractivity contribution < 1.29 is 14.3 Å². The molecule has 2 aliphatic heterocycles. The van der Waals surface area contributed by atoms with E-state index in [1.807, 2.05) is 36.4 Å². The Morgan fingerprint density at radius 3 is 2.74 bits per heavy atom. The minimum absolute atomic E-state index is 0.0956. The third-order valence-corrected chi connectivity index (χ3v) is 8.04. The number of carbonyl (C=O) groups is 2. The zero-order valence-corrected chi connectivity index (χ0v) is 24.7. The first-order valence-corrected chi connectivity index (χ1v) is 14.6. The van der Waals surface area contributed by atoms with E-state index in [0.717, 1.165) is 43.1 Å². The van der Waals surface area contributed by atoms with E-state index in [2.05, 4.69) is 49.6 Å². The molecule has 0 aromatic carbocycles. The maximum atomic E-state index is 13.5. The van der Waals surface area contributed by atoms with Crippen LogP contribution < -0.4 is 14.9 Å². The molecule has 9 heteroatoms. The fourth-order valence-electron chi connectivity index (χ4n) is 5.32. The fourth-order valence-corrected chi connectivity index (χ4v) is 5.92. The van der Waals surface area contributed by atoms with Gasteiger partial charge in [-0.15, -0.1) is 0 Å². The Morgan fingerprint density at radius 1 is 1.21 bits per heavy atom. The summed E-state index contributed by atoms with van der Waals surface area (Å²) in [6.07, 6.45) is 6.98. The van der Waals surface area contributed by atoms with Gasteiger partial charge >= 0.3 is 5.97 Å². The van der Waals surface area contributed by atoms with Gasteiger partial charge in [-0.05, 0) is 76.6 Å².